The lowest BCUT2D eigenvalue weighted by Gasteiger charge is -2.24. The summed E-state index contributed by atoms with van der Waals surface area (Å²) in [6.45, 7) is 6.29. The molecule has 2 rings (SSSR count). The van der Waals surface area contributed by atoms with Crippen molar-refractivity contribution in [3.63, 3.8) is 0 Å². The average Bonchev–Trinajstić information content (AvgIpc) is 2.88. The lowest BCUT2D eigenvalue weighted by Crippen LogP contribution is -2.25. The number of hydrogen-bond acceptors (Lipinski definition) is 7. The van der Waals surface area contributed by atoms with E-state index in [-0.39, 0.29) is 17.7 Å². The Morgan fingerprint density at radius 2 is 1.68 bits per heavy atom. The van der Waals surface area contributed by atoms with Gasteiger partial charge in [0.1, 0.15) is 12.4 Å². The van der Waals surface area contributed by atoms with Gasteiger partial charge in [-0.05, 0) is 68.0 Å². The Hall–Kier alpha value is -3.19. The highest BCUT2D eigenvalue weighted by Crippen LogP contribution is 2.25. The van der Waals surface area contributed by atoms with Gasteiger partial charge in [-0.1, -0.05) is 32.9 Å². The molecule has 0 saturated heterocycles. The first-order chi connectivity index (χ1) is 16.3. The van der Waals surface area contributed by atoms with Crippen LogP contribution in [0, 0.1) is 0 Å². The molecule has 0 unspecified atom stereocenters. The van der Waals surface area contributed by atoms with Crippen LogP contribution in [-0.2, 0) is 16.1 Å². The van der Waals surface area contributed by atoms with Crippen LogP contribution in [0.15, 0.2) is 42.5 Å². The molecule has 1 heterocycles. The van der Waals surface area contributed by atoms with Crippen LogP contribution in [0.3, 0.4) is 0 Å². The summed E-state index contributed by atoms with van der Waals surface area (Å²) in [5.41, 5.74) is 2.28. The maximum absolute atomic E-state index is 12.1. The molecule has 1 aromatic carbocycles. The van der Waals surface area contributed by atoms with E-state index in [2.05, 4.69) is 13.0 Å². The van der Waals surface area contributed by atoms with Crippen molar-refractivity contribution < 1.29 is 28.9 Å². The van der Waals surface area contributed by atoms with Gasteiger partial charge in [0.05, 0.1) is 42.3 Å². The molecule has 184 valence electrons. The number of carbonyl (C=O) groups is 2. The number of aromatic nitrogens is 1. The number of benzene rings is 1. The Morgan fingerprint density at radius 3 is 2.29 bits per heavy atom. The van der Waals surface area contributed by atoms with Gasteiger partial charge in [0.2, 0.25) is 0 Å². The Morgan fingerprint density at radius 1 is 1.00 bits per heavy atom. The molecule has 0 radical (unpaired) electrons. The first kappa shape index (κ1) is 27.1. The first-order valence-corrected chi connectivity index (χ1v) is 11.6. The molecule has 0 bridgehead atoms. The van der Waals surface area contributed by atoms with E-state index < -0.39 is 17.5 Å². The van der Waals surface area contributed by atoms with Crippen LogP contribution in [0.1, 0.15) is 85.0 Å². The number of rotatable bonds is 12. The monoisotopic (exact) mass is 469 g/mol. The highest BCUT2D eigenvalue weighted by atomic mass is 16.5. The molecule has 0 spiro atoms. The molecule has 34 heavy (non-hydrogen) atoms. The molecular formula is C27H35NO6. The van der Waals surface area contributed by atoms with E-state index in [9.17, 15) is 14.7 Å². The molecule has 2 aromatic rings. The van der Waals surface area contributed by atoms with Crippen molar-refractivity contribution in [2.45, 2.75) is 65.1 Å². The van der Waals surface area contributed by atoms with Crippen molar-refractivity contribution in [3.8, 4) is 5.75 Å². The van der Waals surface area contributed by atoms with Gasteiger partial charge in [-0.25, -0.2) is 14.6 Å². The number of hydrogen-bond donors (Lipinski definition) is 1. The van der Waals surface area contributed by atoms with Gasteiger partial charge in [0.25, 0.3) is 0 Å². The van der Waals surface area contributed by atoms with Crippen molar-refractivity contribution in [1.29, 1.82) is 0 Å². The molecule has 0 aliphatic carbocycles. The van der Waals surface area contributed by atoms with Crippen LogP contribution in [-0.4, -0.2) is 41.8 Å². The topological polar surface area (TPSA) is 95.0 Å². The number of methoxy groups -OCH3 is 2. The minimum atomic E-state index is -0.651. The third kappa shape index (κ3) is 7.15. The summed E-state index contributed by atoms with van der Waals surface area (Å²) in [5.74, 6) is -0.872. The van der Waals surface area contributed by atoms with Gasteiger partial charge in [0, 0.05) is 0 Å². The summed E-state index contributed by atoms with van der Waals surface area (Å²) in [4.78, 5) is 28.8. The maximum Gasteiger partial charge on any atom is 0.338 e. The number of allylic oxidation sites excluding steroid dienone is 2. The fourth-order valence-corrected chi connectivity index (χ4v) is 3.62. The predicted molar refractivity (Wildman–Crippen MR) is 131 cm³/mol. The van der Waals surface area contributed by atoms with E-state index >= 15 is 0 Å². The first-order valence-electron chi connectivity index (χ1n) is 11.6. The normalized spacial score (nSPS) is 11.8. The van der Waals surface area contributed by atoms with E-state index in [1.54, 1.807) is 6.07 Å². The molecule has 0 saturated carbocycles. The molecule has 7 nitrogen and oxygen atoms in total. The lowest BCUT2D eigenvalue weighted by atomic mass is 9.91. The van der Waals surface area contributed by atoms with Crippen molar-refractivity contribution >= 4 is 17.5 Å². The van der Waals surface area contributed by atoms with E-state index in [1.165, 1.54) is 26.4 Å². The van der Waals surface area contributed by atoms with Crippen molar-refractivity contribution in [2.75, 3.05) is 14.2 Å². The van der Waals surface area contributed by atoms with Crippen LogP contribution in [0.2, 0.25) is 0 Å². The minimum absolute atomic E-state index is 0.0730. The van der Waals surface area contributed by atoms with Gasteiger partial charge >= 0.3 is 11.9 Å². The third-order valence-electron chi connectivity index (χ3n) is 6.02. The van der Waals surface area contributed by atoms with Crippen molar-refractivity contribution in [3.05, 3.63) is 65.0 Å². The second-order valence-electron chi connectivity index (χ2n) is 8.05. The number of pyridine rings is 1. The summed E-state index contributed by atoms with van der Waals surface area (Å²) in [5, 5.41) is 10.5. The Kier molecular flexibility index (Phi) is 10.3. The van der Waals surface area contributed by atoms with Crippen LogP contribution >= 0.6 is 0 Å². The molecule has 0 fully saturated rings. The number of nitrogens with zero attached hydrogens (tertiary/aromatic N) is 1. The zero-order valence-electron chi connectivity index (χ0n) is 20.7. The number of carbonyl (C=O) groups excluding carboxylic acids is 2. The molecule has 1 aromatic heterocycles. The fourth-order valence-electron chi connectivity index (χ4n) is 3.62. The third-order valence-corrected chi connectivity index (χ3v) is 6.02. The fraction of sp³-hybridized carbons (Fsp3) is 0.444. The summed E-state index contributed by atoms with van der Waals surface area (Å²) in [6.07, 6.45) is 5.95. The highest BCUT2D eigenvalue weighted by molar-refractivity contribution is 6.03. The Balaban J connectivity index is 2.15. The summed E-state index contributed by atoms with van der Waals surface area (Å²) >= 11 is 0. The quantitative estimate of drug-likeness (QED) is 0.418. The van der Waals surface area contributed by atoms with E-state index in [4.69, 9.17) is 19.2 Å². The van der Waals surface area contributed by atoms with Gasteiger partial charge in [-0.3, -0.25) is 0 Å². The smallest absolute Gasteiger partial charge is 0.338 e. The SMILES string of the molecule is CC/C(=C\CCC(O)(CC)CC)c1cccc(COc2ccc(C(=O)OC)c(C(=O)OC)c2)n1. The second-order valence-corrected chi connectivity index (χ2v) is 8.05. The van der Waals surface area contributed by atoms with E-state index in [1.807, 2.05) is 32.0 Å². The van der Waals surface area contributed by atoms with Crippen LogP contribution in [0.5, 0.6) is 5.75 Å². The van der Waals surface area contributed by atoms with E-state index in [0.717, 1.165) is 49.1 Å². The maximum atomic E-state index is 12.1. The number of aliphatic hydroxyl groups is 1. The van der Waals surface area contributed by atoms with Gasteiger partial charge in [-0.2, -0.15) is 0 Å². The number of ether oxygens (including phenoxy) is 3. The van der Waals surface area contributed by atoms with Crippen molar-refractivity contribution in [2.24, 2.45) is 0 Å². The highest BCUT2D eigenvalue weighted by Gasteiger charge is 2.21. The zero-order valence-corrected chi connectivity index (χ0v) is 20.7. The molecule has 0 atom stereocenters. The van der Waals surface area contributed by atoms with Crippen LogP contribution < -0.4 is 4.74 Å². The minimum Gasteiger partial charge on any atom is -0.487 e. The largest absolute Gasteiger partial charge is 0.487 e. The molecule has 7 heteroatoms. The van der Waals surface area contributed by atoms with Gasteiger partial charge in [0.15, 0.2) is 0 Å². The predicted octanol–water partition coefficient (Wildman–Crippen LogP) is 5.36. The second kappa shape index (κ2) is 12.9. The Bertz CT molecular complexity index is 1010. The van der Waals surface area contributed by atoms with Gasteiger partial charge in [-0.15, -0.1) is 0 Å². The van der Waals surface area contributed by atoms with Crippen LogP contribution in [0.4, 0.5) is 0 Å². The molecule has 0 aliphatic rings. The summed E-state index contributed by atoms with van der Waals surface area (Å²) < 4.78 is 15.3. The molecule has 0 amide bonds. The summed E-state index contributed by atoms with van der Waals surface area (Å²) in [7, 11) is 2.50. The lowest BCUT2D eigenvalue weighted by molar-refractivity contribution is 0.0246. The van der Waals surface area contributed by atoms with Crippen molar-refractivity contribution in [1.82, 2.24) is 4.98 Å². The molecule has 0 aliphatic heterocycles. The molecule has 1 N–H and O–H groups in total. The standard InChI is InChI=1S/C27H35NO6/c1-6-19(11-10-16-27(31,7-2)8-3)24-13-9-12-20(28-24)18-34-21-14-15-22(25(29)32-4)23(17-21)26(30)33-5/h9,11-15,17,31H,6-8,10,16,18H2,1-5H3/b19-11+. The Labute approximate surface area is 201 Å². The molecular weight excluding hydrogens is 434 g/mol. The summed E-state index contributed by atoms with van der Waals surface area (Å²) in [6, 6.07) is 10.3. The zero-order chi connectivity index (χ0) is 25.1. The van der Waals surface area contributed by atoms with Crippen LogP contribution in [0.25, 0.3) is 5.57 Å². The average molecular weight is 470 g/mol. The van der Waals surface area contributed by atoms with Gasteiger partial charge < -0.3 is 19.3 Å². The van der Waals surface area contributed by atoms with E-state index in [0.29, 0.717) is 5.75 Å². The number of esters is 2.